The fraction of sp³-hybridized carbons (Fsp3) is 0.875. The van der Waals surface area contributed by atoms with Crippen molar-refractivity contribution in [3.05, 3.63) is 0 Å². The lowest BCUT2D eigenvalue weighted by molar-refractivity contribution is -0.138. The van der Waals surface area contributed by atoms with Crippen molar-refractivity contribution in [2.75, 3.05) is 0 Å². The number of carboxylic acids is 1. The number of carboxylic acid groups (broad SMARTS) is 1. The molecule has 1 atom stereocenters. The molecule has 1 N–H and O–H groups in total. The summed E-state index contributed by atoms with van der Waals surface area (Å²) in [6.07, 6.45) is 0. The monoisotopic (exact) mass is 231 g/mol. The van der Waals surface area contributed by atoms with E-state index in [1.807, 2.05) is 31.4 Å². The van der Waals surface area contributed by atoms with E-state index in [1.165, 1.54) is 0 Å². The summed E-state index contributed by atoms with van der Waals surface area (Å²) in [5.41, 5.74) is 0.0330. The summed E-state index contributed by atoms with van der Waals surface area (Å²) in [7, 11) is 11.9. The number of aliphatic carboxylic acids is 1. The SMILES string of the molecule is BC(N(B)C(C)(C)C)C(B)(B)C(B)(B)C(=O)O. The summed E-state index contributed by atoms with van der Waals surface area (Å²) in [6, 6.07) is 0. The Morgan fingerprint density at radius 3 is 1.76 bits per heavy atom. The van der Waals surface area contributed by atoms with Crippen LogP contribution in [0, 0.1) is 0 Å². The van der Waals surface area contributed by atoms with E-state index in [1.54, 1.807) is 0 Å². The first-order chi connectivity index (χ1) is 7.26. The highest BCUT2D eigenvalue weighted by molar-refractivity contribution is 6.62. The average Bonchev–Trinajstić information content (AvgIpc) is 2.13. The van der Waals surface area contributed by atoms with Gasteiger partial charge in [0.1, 0.15) is 23.5 Å². The second kappa shape index (κ2) is 4.83. The first kappa shape index (κ1) is 16.8. The van der Waals surface area contributed by atoms with E-state index in [-0.39, 0.29) is 16.7 Å². The van der Waals surface area contributed by atoms with Gasteiger partial charge in [-0.2, -0.15) is 0 Å². The normalized spacial score (nSPS) is 15.8. The van der Waals surface area contributed by atoms with Crippen LogP contribution in [0.3, 0.4) is 0 Å². The van der Waals surface area contributed by atoms with Crippen molar-refractivity contribution in [2.24, 2.45) is 0 Å². The maximum absolute atomic E-state index is 11.4. The number of nitrogens with zero attached hydrogens (tertiary/aromatic N) is 1. The van der Waals surface area contributed by atoms with E-state index in [4.69, 9.17) is 0 Å². The minimum atomic E-state index is -0.758. The Kier molecular flexibility index (Phi) is 4.78. The van der Waals surface area contributed by atoms with Gasteiger partial charge < -0.3 is 9.92 Å². The third kappa shape index (κ3) is 3.18. The lowest BCUT2D eigenvalue weighted by Crippen LogP contribution is -2.57. The molecule has 0 bridgehead atoms. The zero-order valence-electron chi connectivity index (χ0n) is 12.9. The topological polar surface area (TPSA) is 40.5 Å². The average molecular weight is 230 g/mol. The van der Waals surface area contributed by atoms with Crippen molar-refractivity contribution < 1.29 is 9.90 Å². The molecular weight excluding hydrogens is 207 g/mol. The molecule has 1 unspecified atom stereocenters. The molecule has 0 aromatic heterocycles. The third-order valence-electron chi connectivity index (χ3n) is 4.83. The Morgan fingerprint density at radius 2 is 1.53 bits per heavy atom. The number of hydrogen-bond acceptors (Lipinski definition) is 2. The van der Waals surface area contributed by atoms with E-state index in [2.05, 4.69) is 41.4 Å². The van der Waals surface area contributed by atoms with Crippen molar-refractivity contribution >= 4 is 53.2 Å². The molecule has 90 valence electrons. The smallest absolute Gasteiger partial charge is 0.292 e. The quantitative estimate of drug-likeness (QED) is 0.494. The molecule has 3 nitrogen and oxygen atoms in total. The molecule has 0 aliphatic heterocycles. The van der Waals surface area contributed by atoms with Crippen LogP contribution in [-0.4, -0.2) is 74.6 Å². The number of carbonyl (C=O) groups is 1. The van der Waals surface area contributed by atoms with E-state index in [0.717, 1.165) is 0 Å². The van der Waals surface area contributed by atoms with Gasteiger partial charge in [-0.05, 0) is 26.7 Å². The fourth-order valence-corrected chi connectivity index (χ4v) is 1.86. The van der Waals surface area contributed by atoms with E-state index in [0.29, 0.717) is 0 Å². The molecular formula is C8H23B6NO2. The molecule has 0 aromatic rings. The molecule has 0 fully saturated rings. The predicted octanol–water partition coefficient (Wildman–Crippen LogP) is -4.56. The van der Waals surface area contributed by atoms with Crippen LogP contribution in [0.5, 0.6) is 0 Å². The van der Waals surface area contributed by atoms with E-state index >= 15 is 0 Å². The molecule has 0 radical (unpaired) electrons. The fourth-order valence-electron chi connectivity index (χ4n) is 1.86. The zero-order valence-corrected chi connectivity index (χ0v) is 12.9. The molecule has 0 aliphatic rings. The lowest BCUT2D eigenvalue weighted by atomic mass is 9.26. The predicted molar refractivity (Wildman–Crippen MR) is 89.7 cm³/mol. The van der Waals surface area contributed by atoms with Crippen LogP contribution in [0.15, 0.2) is 0 Å². The summed E-state index contributed by atoms with van der Waals surface area (Å²) in [5.74, 6) is -0.565. The Morgan fingerprint density at radius 1 is 1.18 bits per heavy atom. The van der Waals surface area contributed by atoms with Crippen LogP contribution in [0.2, 0.25) is 10.4 Å². The summed E-state index contributed by atoms with van der Waals surface area (Å²) in [5, 5.41) is 8.32. The Labute approximate surface area is 111 Å². The first-order valence-electron chi connectivity index (χ1n) is 6.22. The molecule has 0 saturated heterocycles. The van der Waals surface area contributed by atoms with Gasteiger partial charge in [0.2, 0.25) is 0 Å². The van der Waals surface area contributed by atoms with Gasteiger partial charge in [0, 0.05) is 10.8 Å². The maximum Gasteiger partial charge on any atom is 0.292 e. The van der Waals surface area contributed by atoms with Crippen LogP contribution in [0.4, 0.5) is 0 Å². The van der Waals surface area contributed by atoms with Gasteiger partial charge in [0.05, 0.1) is 15.7 Å². The largest absolute Gasteiger partial charge is 0.482 e. The first-order valence-corrected chi connectivity index (χ1v) is 6.22. The van der Waals surface area contributed by atoms with Crippen LogP contribution in [0.1, 0.15) is 20.8 Å². The molecule has 0 amide bonds. The molecule has 0 saturated carbocycles. The molecule has 9 heteroatoms. The minimum absolute atomic E-state index is 0.0330. The summed E-state index contributed by atoms with van der Waals surface area (Å²) < 4.78 is 0. The second-order valence-electron chi connectivity index (χ2n) is 7.11. The van der Waals surface area contributed by atoms with E-state index in [9.17, 15) is 9.90 Å². The molecule has 0 rings (SSSR count). The van der Waals surface area contributed by atoms with Crippen LogP contribution in [0.25, 0.3) is 0 Å². The highest BCUT2D eigenvalue weighted by Gasteiger charge is 2.47. The molecule has 0 spiro atoms. The maximum atomic E-state index is 11.4. The van der Waals surface area contributed by atoms with Gasteiger partial charge >= 0.3 is 0 Å². The Bertz CT molecular complexity index is 301. The van der Waals surface area contributed by atoms with Gasteiger partial charge in [0.25, 0.3) is 5.97 Å². The summed E-state index contributed by atoms with van der Waals surface area (Å²) >= 11 is 0. The van der Waals surface area contributed by atoms with Gasteiger partial charge in [-0.3, -0.25) is 4.79 Å². The minimum Gasteiger partial charge on any atom is -0.482 e. The van der Waals surface area contributed by atoms with Gasteiger partial charge in [-0.1, -0.05) is 5.21 Å². The summed E-state index contributed by atoms with van der Waals surface area (Å²) in [4.78, 5) is 13.7. The van der Waals surface area contributed by atoms with Crippen molar-refractivity contribution in [1.82, 2.24) is 4.81 Å². The van der Waals surface area contributed by atoms with Crippen molar-refractivity contribution in [3.63, 3.8) is 0 Å². The number of hydrogen-bond donors (Lipinski definition) is 1. The third-order valence-corrected chi connectivity index (χ3v) is 4.83. The lowest BCUT2D eigenvalue weighted by Gasteiger charge is -2.51. The van der Waals surface area contributed by atoms with Gasteiger partial charge in [0.15, 0.2) is 7.98 Å². The van der Waals surface area contributed by atoms with Crippen molar-refractivity contribution in [2.45, 2.75) is 42.7 Å². The van der Waals surface area contributed by atoms with Crippen molar-refractivity contribution in [3.8, 4) is 0 Å². The summed E-state index contributed by atoms with van der Waals surface area (Å²) in [6.45, 7) is 6.44. The highest BCUT2D eigenvalue weighted by Crippen LogP contribution is 2.46. The molecule has 0 aromatic carbocycles. The molecule has 0 aliphatic carbocycles. The zero-order chi connectivity index (χ0) is 14.2. The second-order valence-corrected chi connectivity index (χ2v) is 7.11. The number of rotatable bonds is 4. The van der Waals surface area contributed by atoms with Gasteiger partial charge in [-0.15, -0.1) is 0 Å². The molecule has 0 heterocycles. The van der Waals surface area contributed by atoms with E-state index < -0.39 is 11.2 Å². The van der Waals surface area contributed by atoms with Crippen molar-refractivity contribution in [1.29, 1.82) is 0 Å². The van der Waals surface area contributed by atoms with Crippen LogP contribution >= 0.6 is 0 Å². The standard InChI is InChI=1S/C8H23B6NO2/c1-6(2,3)15(14)4(9)7(10,11)8(12,13)5(16)17/h4H,9-14H2,1-3H3,(H,16,17). The van der Waals surface area contributed by atoms with Crippen LogP contribution < -0.4 is 0 Å². The van der Waals surface area contributed by atoms with Crippen LogP contribution in [-0.2, 0) is 4.79 Å². The Balaban J connectivity index is 5.27. The molecule has 17 heavy (non-hydrogen) atoms. The van der Waals surface area contributed by atoms with Gasteiger partial charge in [-0.25, -0.2) is 0 Å². The highest BCUT2D eigenvalue weighted by atomic mass is 16.4. The Hall–Kier alpha value is -0.180.